The molecule has 1 atom stereocenters. The lowest BCUT2D eigenvalue weighted by Gasteiger charge is -1.90. The molecule has 2 N–H and O–H groups in total. The van der Waals surface area contributed by atoms with Crippen molar-refractivity contribution in [3.8, 4) is 0 Å². The molecule has 0 aromatic carbocycles. The summed E-state index contributed by atoms with van der Waals surface area (Å²) < 4.78 is 0. The fourth-order valence-corrected chi connectivity index (χ4v) is 0.287. The Morgan fingerprint density at radius 3 is 2.00 bits per heavy atom. The first-order valence-electron chi connectivity index (χ1n) is 3.57. The highest BCUT2D eigenvalue weighted by Gasteiger charge is 1.84. The van der Waals surface area contributed by atoms with Gasteiger partial charge in [0.15, 0.2) is 5.78 Å². The van der Waals surface area contributed by atoms with Crippen LogP contribution in [0.4, 0.5) is 0 Å². The molecule has 0 aliphatic carbocycles. The first-order chi connectivity index (χ1) is 4.63. The molecule has 10 heavy (non-hydrogen) atoms. The summed E-state index contributed by atoms with van der Waals surface area (Å²) in [4.78, 5) is 10.2. The van der Waals surface area contributed by atoms with E-state index in [0.29, 0.717) is 0 Å². The Kier molecular flexibility index (Phi) is 10.1. The van der Waals surface area contributed by atoms with Gasteiger partial charge in [-0.3, -0.25) is 4.79 Å². The van der Waals surface area contributed by atoms with Gasteiger partial charge in [-0.05, 0) is 19.9 Å². The van der Waals surface area contributed by atoms with Crippen LogP contribution in [0.5, 0.6) is 0 Å². The highest BCUT2D eigenvalue weighted by molar-refractivity contribution is 5.87. The first-order valence-corrected chi connectivity index (χ1v) is 3.57. The number of carbonyl (C=O) groups is 1. The monoisotopic (exact) mass is 143 g/mol. The van der Waals surface area contributed by atoms with Crippen molar-refractivity contribution in [2.45, 2.75) is 33.7 Å². The summed E-state index contributed by atoms with van der Waals surface area (Å²) in [6.45, 7) is 7.32. The molecule has 0 saturated heterocycles. The average Bonchev–Trinajstić information content (AvgIpc) is 1.89. The number of allylic oxidation sites excluding steroid dienone is 1. The molecule has 0 aliphatic rings. The van der Waals surface area contributed by atoms with Gasteiger partial charge in [0, 0.05) is 6.04 Å². The van der Waals surface area contributed by atoms with E-state index in [1.165, 1.54) is 13.0 Å². The standard InChI is InChI=1S/C6H11NO.C2H6/c1-5(7)3-4-6(2)8;1-2/h3-5H,7H2,1-2H3;1-2H3/b4-3+;. The molecule has 0 bridgehead atoms. The van der Waals surface area contributed by atoms with E-state index in [4.69, 9.17) is 5.73 Å². The maximum Gasteiger partial charge on any atom is 0.152 e. The minimum atomic E-state index is -0.0149. The van der Waals surface area contributed by atoms with Gasteiger partial charge in [-0.2, -0.15) is 0 Å². The van der Waals surface area contributed by atoms with Gasteiger partial charge in [-0.25, -0.2) is 0 Å². The van der Waals surface area contributed by atoms with E-state index in [0.717, 1.165) is 0 Å². The van der Waals surface area contributed by atoms with E-state index in [-0.39, 0.29) is 11.8 Å². The Hall–Kier alpha value is -0.630. The lowest BCUT2D eigenvalue weighted by Crippen LogP contribution is -2.10. The van der Waals surface area contributed by atoms with Crippen molar-refractivity contribution in [2.75, 3.05) is 0 Å². The number of carbonyl (C=O) groups excluding carboxylic acids is 1. The van der Waals surface area contributed by atoms with Crippen molar-refractivity contribution in [3.05, 3.63) is 12.2 Å². The van der Waals surface area contributed by atoms with Gasteiger partial charge < -0.3 is 5.73 Å². The molecule has 0 heterocycles. The van der Waals surface area contributed by atoms with E-state index in [2.05, 4.69) is 0 Å². The number of hydrogen-bond acceptors (Lipinski definition) is 2. The second kappa shape index (κ2) is 8.37. The highest BCUT2D eigenvalue weighted by atomic mass is 16.1. The van der Waals surface area contributed by atoms with Crippen LogP contribution in [0.1, 0.15) is 27.7 Å². The van der Waals surface area contributed by atoms with Gasteiger partial charge >= 0.3 is 0 Å². The van der Waals surface area contributed by atoms with Gasteiger partial charge in [0.05, 0.1) is 0 Å². The maximum atomic E-state index is 10.2. The maximum absolute atomic E-state index is 10.2. The van der Waals surface area contributed by atoms with Crippen molar-refractivity contribution in [1.29, 1.82) is 0 Å². The number of nitrogens with two attached hydrogens (primary N) is 1. The van der Waals surface area contributed by atoms with Crippen LogP contribution in [0.2, 0.25) is 0 Å². The second-order valence-corrected chi connectivity index (χ2v) is 1.83. The lowest BCUT2D eigenvalue weighted by molar-refractivity contribution is -0.112. The Labute approximate surface area is 63.1 Å². The van der Waals surface area contributed by atoms with Crippen molar-refractivity contribution in [2.24, 2.45) is 5.73 Å². The van der Waals surface area contributed by atoms with Gasteiger partial charge in [-0.15, -0.1) is 0 Å². The van der Waals surface area contributed by atoms with Crippen molar-refractivity contribution in [1.82, 2.24) is 0 Å². The third-order valence-corrected chi connectivity index (χ3v) is 0.634. The van der Waals surface area contributed by atoms with Crippen LogP contribution < -0.4 is 5.73 Å². The van der Waals surface area contributed by atoms with E-state index in [9.17, 15) is 4.79 Å². The summed E-state index contributed by atoms with van der Waals surface area (Å²) in [5, 5.41) is 0. The molecule has 1 unspecified atom stereocenters. The smallest absolute Gasteiger partial charge is 0.152 e. The summed E-state index contributed by atoms with van der Waals surface area (Å²) in [5.74, 6) is 0.0438. The molecule has 0 saturated carbocycles. The number of ketones is 1. The van der Waals surface area contributed by atoms with Gasteiger partial charge in [0.25, 0.3) is 0 Å². The molecule has 2 heteroatoms. The molecule has 0 radical (unpaired) electrons. The Bertz CT molecular complexity index is 106. The molecular formula is C8H17NO. The molecule has 0 fully saturated rings. The fourth-order valence-electron chi connectivity index (χ4n) is 0.287. The van der Waals surface area contributed by atoms with Crippen LogP contribution in [0.15, 0.2) is 12.2 Å². The van der Waals surface area contributed by atoms with Gasteiger partial charge in [0.2, 0.25) is 0 Å². The molecule has 0 spiro atoms. The SMILES string of the molecule is CC.CC(=O)/C=C/C(C)N. The predicted octanol–water partition coefficient (Wildman–Crippen LogP) is 1.50. The summed E-state index contributed by atoms with van der Waals surface area (Å²) in [7, 11) is 0. The molecular weight excluding hydrogens is 126 g/mol. The second-order valence-electron chi connectivity index (χ2n) is 1.83. The third kappa shape index (κ3) is 15.7. The Morgan fingerprint density at radius 2 is 1.90 bits per heavy atom. The van der Waals surface area contributed by atoms with Gasteiger partial charge in [0.1, 0.15) is 0 Å². The zero-order valence-corrected chi connectivity index (χ0v) is 7.22. The Morgan fingerprint density at radius 1 is 1.50 bits per heavy atom. The Balaban J connectivity index is 0. The normalized spacial score (nSPS) is 12.1. The van der Waals surface area contributed by atoms with Crippen molar-refractivity contribution < 1.29 is 4.79 Å². The minimum absolute atomic E-state index is 0.0149. The summed E-state index contributed by atoms with van der Waals surface area (Å²) in [6.07, 6.45) is 3.15. The van der Waals surface area contributed by atoms with Crippen molar-refractivity contribution >= 4 is 5.78 Å². The molecule has 0 aromatic rings. The van der Waals surface area contributed by atoms with E-state index >= 15 is 0 Å². The quantitative estimate of drug-likeness (QED) is 0.595. The van der Waals surface area contributed by atoms with Crippen LogP contribution in [-0.2, 0) is 4.79 Å². The molecule has 0 aromatic heterocycles. The zero-order chi connectivity index (χ0) is 8.57. The van der Waals surface area contributed by atoms with Crippen LogP contribution in [0.3, 0.4) is 0 Å². The van der Waals surface area contributed by atoms with E-state index < -0.39 is 0 Å². The van der Waals surface area contributed by atoms with Crippen LogP contribution in [-0.4, -0.2) is 11.8 Å². The van der Waals surface area contributed by atoms with Crippen LogP contribution >= 0.6 is 0 Å². The highest BCUT2D eigenvalue weighted by Crippen LogP contribution is 1.78. The molecule has 0 amide bonds. The van der Waals surface area contributed by atoms with E-state index in [1.807, 2.05) is 20.8 Å². The average molecular weight is 143 g/mol. The van der Waals surface area contributed by atoms with Crippen LogP contribution in [0.25, 0.3) is 0 Å². The van der Waals surface area contributed by atoms with Crippen LogP contribution in [0, 0.1) is 0 Å². The topological polar surface area (TPSA) is 43.1 Å². The first kappa shape index (κ1) is 12.1. The summed E-state index contributed by atoms with van der Waals surface area (Å²) in [6, 6.07) is -0.0149. The molecule has 0 rings (SSSR count). The predicted molar refractivity (Wildman–Crippen MR) is 44.8 cm³/mol. The molecule has 2 nitrogen and oxygen atoms in total. The van der Waals surface area contributed by atoms with Crippen molar-refractivity contribution in [3.63, 3.8) is 0 Å². The van der Waals surface area contributed by atoms with Gasteiger partial charge in [-0.1, -0.05) is 19.9 Å². The summed E-state index contributed by atoms with van der Waals surface area (Å²) in [5.41, 5.74) is 5.30. The molecule has 0 aliphatic heterocycles. The summed E-state index contributed by atoms with van der Waals surface area (Å²) >= 11 is 0. The lowest BCUT2D eigenvalue weighted by atomic mass is 10.3. The zero-order valence-electron chi connectivity index (χ0n) is 7.22. The third-order valence-electron chi connectivity index (χ3n) is 0.634. The minimum Gasteiger partial charge on any atom is -0.325 e. The number of rotatable bonds is 2. The molecule has 60 valence electrons. The van der Waals surface area contributed by atoms with E-state index in [1.54, 1.807) is 6.08 Å². The fraction of sp³-hybridized carbons (Fsp3) is 0.625. The number of hydrogen-bond donors (Lipinski definition) is 1. The largest absolute Gasteiger partial charge is 0.325 e.